The topological polar surface area (TPSA) is 35.5 Å². The summed E-state index contributed by atoms with van der Waals surface area (Å²) in [6.45, 7) is 10.7. The zero-order valence-corrected chi connectivity index (χ0v) is 15.8. The summed E-state index contributed by atoms with van der Waals surface area (Å²) >= 11 is 3.44. The van der Waals surface area contributed by atoms with Gasteiger partial charge in [0, 0.05) is 10.0 Å². The van der Waals surface area contributed by atoms with Crippen LogP contribution in [0, 0.1) is 5.92 Å². The molecule has 0 saturated carbocycles. The summed E-state index contributed by atoms with van der Waals surface area (Å²) in [5, 5.41) is 0. The van der Waals surface area contributed by atoms with Gasteiger partial charge in [-0.25, -0.2) is 0 Å². The van der Waals surface area contributed by atoms with E-state index >= 15 is 0 Å². The third-order valence-electron chi connectivity index (χ3n) is 3.34. The molecule has 0 N–H and O–H groups in total. The molecule has 0 amide bonds. The van der Waals surface area contributed by atoms with Crippen molar-refractivity contribution >= 4 is 21.9 Å². The first kappa shape index (κ1) is 19.0. The Labute approximate surface area is 142 Å². The Balaban J connectivity index is 2.72. The molecule has 1 rings (SSSR count). The third-order valence-corrected chi connectivity index (χ3v) is 3.84. The van der Waals surface area contributed by atoms with Crippen molar-refractivity contribution in [1.82, 2.24) is 0 Å². The first-order valence-electron chi connectivity index (χ1n) is 7.84. The van der Waals surface area contributed by atoms with E-state index in [4.69, 9.17) is 9.47 Å². The van der Waals surface area contributed by atoms with E-state index in [1.54, 1.807) is 0 Å². The number of rotatable bonds is 7. The van der Waals surface area contributed by atoms with Crippen LogP contribution in [-0.2, 0) is 16.0 Å². The minimum absolute atomic E-state index is 0.218. The molecule has 124 valence electrons. The van der Waals surface area contributed by atoms with Gasteiger partial charge < -0.3 is 9.47 Å². The summed E-state index contributed by atoms with van der Waals surface area (Å²) in [6, 6.07) is 5.75. The number of benzene rings is 1. The van der Waals surface area contributed by atoms with Crippen LogP contribution in [0.25, 0.3) is 0 Å². The van der Waals surface area contributed by atoms with E-state index in [1.807, 2.05) is 39.0 Å². The highest BCUT2D eigenvalue weighted by atomic mass is 79.9. The van der Waals surface area contributed by atoms with Crippen molar-refractivity contribution < 1.29 is 14.3 Å². The SMILES string of the molecule is CCC(C)CCOc1ccc(Br)cc1CC(=O)OC(C)(C)C. The molecule has 0 aliphatic carbocycles. The predicted molar refractivity (Wildman–Crippen MR) is 93.3 cm³/mol. The average molecular weight is 371 g/mol. The van der Waals surface area contributed by atoms with Gasteiger partial charge in [0.25, 0.3) is 0 Å². The van der Waals surface area contributed by atoms with Gasteiger partial charge in [0.05, 0.1) is 13.0 Å². The molecular weight excluding hydrogens is 344 g/mol. The van der Waals surface area contributed by atoms with Crippen LogP contribution in [0.2, 0.25) is 0 Å². The van der Waals surface area contributed by atoms with Gasteiger partial charge in [0.15, 0.2) is 0 Å². The van der Waals surface area contributed by atoms with Crippen molar-refractivity contribution in [2.75, 3.05) is 6.61 Å². The Morgan fingerprint density at radius 1 is 1.32 bits per heavy atom. The Bertz CT molecular complexity index is 492. The Morgan fingerprint density at radius 3 is 2.59 bits per heavy atom. The van der Waals surface area contributed by atoms with Crippen molar-refractivity contribution in [2.24, 2.45) is 5.92 Å². The van der Waals surface area contributed by atoms with E-state index in [-0.39, 0.29) is 12.4 Å². The molecule has 1 aromatic rings. The first-order valence-corrected chi connectivity index (χ1v) is 8.63. The van der Waals surface area contributed by atoms with Crippen LogP contribution in [0.5, 0.6) is 5.75 Å². The molecule has 0 radical (unpaired) electrons. The highest BCUT2D eigenvalue weighted by molar-refractivity contribution is 9.10. The van der Waals surface area contributed by atoms with Crippen molar-refractivity contribution in [3.8, 4) is 5.75 Å². The lowest BCUT2D eigenvalue weighted by atomic mass is 10.1. The maximum Gasteiger partial charge on any atom is 0.310 e. The van der Waals surface area contributed by atoms with Gasteiger partial charge in [-0.2, -0.15) is 0 Å². The monoisotopic (exact) mass is 370 g/mol. The zero-order valence-electron chi connectivity index (χ0n) is 14.2. The van der Waals surface area contributed by atoms with Crippen LogP contribution in [0.3, 0.4) is 0 Å². The second-order valence-electron chi connectivity index (χ2n) is 6.67. The van der Waals surface area contributed by atoms with E-state index in [0.29, 0.717) is 12.5 Å². The highest BCUT2D eigenvalue weighted by Gasteiger charge is 2.18. The van der Waals surface area contributed by atoms with Gasteiger partial charge in [-0.3, -0.25) is 4.79 Å². The molecule has 0 heterocycles. The summed E-state index contributed by atoms with van der Waals surface area (Å²) in [5.74, 6) is 1.17. The maximum absolute atomic E-state index is 12.0. The Kier molecular flexibility index (Phi) is 7.40. The lowest BCUT2D eigenvalue weighted by Crippen LogP contribution is -2.25. The van der Waals surface area contributed by atoms with Gasteiger partial charge in [-0.15, -0.1) is 0 Å². The van der Waals surface area contributed by atoms with Gasteiger partial charge in [-0.05, 0) is 51.3 Å². The molecule has 0 fully saturated rings. The number of ether oxygens (including phenoxy) is 2. The highest BCUT2D eigenvalue weighted by Crippen LogP contribution is 2.25. The molecular formula is C18H27BrO3. The molecule has 0 aliphatic rings. The maximum atomic E-state index is 12.0. The smallest absolute Gasteiger partial charge is 0.310 e. The second-order valence-corrected chi connectivity index (χ2v) is 7.58. The quantitative estimate of drug-likeness (QED) is 0.622. The fourth-order valence-corrected chi connectivity index (χ4v) is 2.34. The molecule has 4 heteroatoms. The molecule has 1 aromatic carbocycles. The number of hydrogen-bond donors (Lipinski definition) is 0. The zero-order chi connectivity index (χ0) is 16.8. The predicted octanol–water partition coefficient (Wildman–Crippen LogP) is 5.15. The lowest BCUT2D eigenvalue weighted by Gasteiger charge is -2.20. The molecule has 1 atom stereocenters. The molecule has 0 saturated heterocycles. The van der Waals surface area contributed by atoms with E-state index in [0.717, 1.165) is 28.6 Å². The van der Waals surface area contributed by atoms with E-state index in [1.165, 1.54) is 0 Å². The van der Waals surface area contributed by atoms with Crippen LogP contribution in [0.1, 0.15) is 53.0 Å². The number of carbonyl (C=O) groups is 1. The summed E-state index contributed by atoms with van der Waals surface area (Å²) < 4.78 is 12.2. The van der Waals surface area contributed by atoms with Crippen LogP contribution in [0.15, 0.2) is 22.7 Å². The molecule has 0 spiro atoms. The van der Waals surface area contributed by atoms with Gasteiger partial charge >= 0.3 is 5.97 Å². The number of esters is 1. The molecule has 0 aromatic heterocycles. The number of carbonyl (C=O) groups excluding carboxylic acids is 1. The van der Waals surface area contributed by atoms with Crippen molar-refractivity contribution in [1.29, 1.82) is 0 Å². The van der Waals surface area contributed by atoms with Gasteiger partial charge in [0.2, 0.25) is 0 Å². The average Bonchev–Trinajstić information content (AvgIpc) is 2.38. The normalized spacial score (nSPS) is 12.8. The van der Waals surface area contributed by atoms with Crippen LogP contribution >= 0.6 is 15.9 Å². The van der Waals surface area contributed by atoms with Crippen molar-refractivity contribution in [3.05, 3.63) is 28.2 Å². The van der Waals surface area contributed by atoms with Gasteiger partial charge in [-0.1, -0.05) is 36.2 Å². The van der Waals surface area contributed by atoms with E-state index in [9.17, 15) is 4.79 Å². The molecule has 1 unspecified atom stereocenters. The molecule has 0 aliphatic heterocycles. The minimum Gasteiger partial charge on any atom is -0.493 e. The largest absolute Gasteiger partial charge is 0.493 e. The fourth-order valence-electron chi connectivity index (χ4n) is 1.93. The minimum atomic E-state index is -0.472. The Morgan fingerprint density at radius 2 is 2.00 bits per heavy atom. The summed E-state index contributed by atoms with van der Waals surface area (Å²) in [4.78, 5) is 12.0. The van der Waals surface area contributed by atoms with Crippen LogP contribution in [-0.4, -0.2) is 18.2 Å². The van der Waals surface area contributed by atoms with Gasteiger partial charge in [0.1, 0.15) is 11.4 Å². The fraction of sp³-hybridized carbons (Fsp3) is 0.611. The number of halogens is 1. The molecule has 3 nitrogen and oxygen atoms in total. The van der Waals surface area contributed by atoms with Crippen molar-refractivity contribution in [2.45, 2.75) is 59.5 Å². The molecule has 0 bridgehead atoms. The Hall–Kier alpha value is -1.03. The lowest BCUT2D eigenvalue weighted by molar-refractivity contribution is -0.153. The molecule has 22 heavy (non-hydrogen) atoms. The van der Waals surface area contributed by atoms with E-state index in [2.05, 4.69) is 29.8 Å². The second kappa shape index (κ2) is 8.56. The van der Waals surface area contributed by atoms with E-state index < -0.39 is 5.60 Å². The third kappa shape index (κ3) is 7.30. The summed E-state index contributed by atoms with van der Waals surface area (Å²) in [7, 11) is 0. The number of hydrogen-bond acceptors (Lipinski definition) is 3. The van der Waals surface area contributed by atoms with Crippen LogP contribution in [0.4, 0.5) is 0 Å². The van der Waals surface area contributed by atoms with Crippen molar-refractivity contribution in [3.63, 3.8) is 0 Å². The van der Waals surface area contributed by atoms with Crippen LogP contribution < -0.4 is 4.74 Å². The summed E-state index contributed by atoms with van der Waals surface area (Å²) in [6.07, 6.45) is 2.38. The first-order chi connectivity index (χ1) is 10.2. The standard InChI is InChI=1S/C18H27BrO3/c1-6-13(2)9-10-21-16-8-7-15(19)11-14(16)12-17(20)22-18(3,4)5/h7-8,11,13H,6,9-10,12H2,1-5H3. The summed E-state index contributed by atoms with van der Waals surface area (Å²) in [5.41, 5.74) is 0.383.